The number of nitrogens with zero attached hydrogens (tertiary/aromatic N) is 5. The number of aromatic nitrogens is 3. The fourth-order valence-electron chi connectivity index (χ4n) is 3.62. The van der Waals surface area contributed by atoms with Gasteiger partial charge in [0.05, 0.1) is 30.0 Å². The van der Waals surface area contributed by atoms with Crippen LogP contribution < -0.4 is 0 Å². The summed E-state index contributed by atoms with van der Waals surface area (Å²) in [5.41, 5.74) is 3.41. The molecule has 4 rings (SSSR count). The van der Waals surface area contributed by atoms with Gasteiger partial charge < -0.3 is 14.6 Å². The molecular weight excluding hydrogens is 415 g/mol. The van der Waals surface area contributed by atoms with Crippen molar-refractivity contribution >= 4 is 11.9 Å². The van der Waals surface area contributed by atoms with E-state index in [0.717, 1.165) is 57.0 Å². The van der Waals surface area contributed by atoms with Crippen molar-refractivity contribution < 1.29 is 27.9 Å². The second-order valence-corrected chi connectivity index (χ2v) is 7.44. The third-order valence-corrected chi connectivity index (χ3v) is 5.15. The van der Waals surface area contributed by atoms with E-state index in [0.29, 0.717) is 13.0 Å². The first-order valence-electron chi connectivity index (χ1n) is 9.97. The molecule has 31 heavy (non-hydrogen) atoms. The zero-order valence-electron chi connectivity index (χ0n) is 16.9. The highest BCUT2D eigenvalue weighted by Crippen LogP contribution is 2.21. The summed E-state index contributed by atoms with van der Waals surface area (Å²) in [5, 5.41) is 7.12. The van der Waals surface area contributed by atoms with Crippen LogP contribution in [0.15, 0.2) is 30.7 Å². The molecular formula is C20H24F3N5O3. The van der Waals surface area contributed by atoms with Crippen LogP contribution in [0.2, 0.25) is 0 Å². The van der Waals surface area contributed by atoms with Gasteiger partial charge in [0.25, 0.3) is 0 Å². The van der Waals surface area contributed by atoms with Crippen LogP contribution in [0.3, 0.4) is 0 Å². The lowest BCUT2D eigenvalue weighted by molar-refractivity contribution is -0.192. The van der Waals surface area contributed by atoms with Crippen molar-refractivity contribution in [1.29, 1.82) is 0 Å². The number of pyridine rings is 1. The maximum absolute atomic E-state index is 11.9. The molecule has 11 heteroatoms. The summed E-state index contributed by atoms with van der Waals surface area (Å²) in [6.07, 6.45) is 1.47. The van der Waals surface area contributed by atoms with E-state index in [1.165, 1.54) is 5.69 Å². The standard InChI is InChI=1S/C18H23N5O.C2HF3O2/c24-18-6-3-9-22(18)12-16-17-13-21(8-4-10-23(17)14-20-16)11-15-5-1-2-7-19-15;3-2(4,5)1(6)7/h1-2,5,7,14H,3-4,6,8-13H2;(H,6,7). The lowest BCUT2D eigenvalue weighted by Gasteiger charge is -2.20. The van der Waals surface area contributed by atoms with Crippen LogP contribution in [-0.4, -0.2) is 60.6 Å². The van der Waals surface area contributed by atoms with E-state index >= 15 is 0 Å². The molecule has 0 radical (unpaired) electrons. The van der Waals surface area contributed by atoms with Gasteiger partial charge in [-0.25, -0.2) is 9.78 Å². The van der Waals surface area contributed by atoms with E-state index < -0.39 is 12.1 Å². The van der Waals surface area contributed by atoms with Crippen LogP contribution in [0.25, 0.3) is 0 Å². The summed E-state index contributed by atoms with van der Waals surface area (Å²) in [6, 6.07) is 6.06. The Balaban J connectivity index is 0.000000339. The van der Waals surface area contributed by atoms with E-state index in [1.54, 1.807) is 0 Å². The number of carboxylic acids is 1. The Morgan fingerprint density at radius 2 is 1.87 bits per heavy atom. The Morgan fingerprint density at radius 1 is 1.10 bits per heavy atom. The highest BCUT2D eigenvalue weighted by atomic mass is 19.4. The summed E-state index contributed by atoms with van der Waals surface area (Å²) < 4.78 is 34.0. The van der Waals surface area contributed by atoms with Crippen molar-refractivity contribution in [1.82, 2.24) is 24.3 Å². The molecule has 0 saturated carbocycles. The highest BCUT2D eigenvalue weighted by Gasteiger charge is 2.38. The second kappa shape index (κ2) is 9.90. The van der Waals surface area contributed by atoms with Crippen LogP contribution in [0, 0.1) is 0 Å². The molecule has 0 spiro atoms. The molecule has 1 N–H and O–H groups in total. The number of aryl methyl sites for hydroxylation is 1. The largest absolute Gasteiger partial charge is 0.490 e. The quantitative estimate of drug-likeness (QED) is 0.787. The first-order valence-corrected chi connectivity index (χ1v) is 9.97. The van der Waals surface area contributed by atoms with E-state index in [2.05, 4.69) is 25.5 Å². The number of amides is 1. The second-order valence-electron chi connectivity index (χ2n) is 7.44. The van der Waals surface area contributed by atoms with Crippen LogP contribution in [0.5, 0.6) is 0 Å². The van der Waals surface area contributed by atoms with Crippen molar-refractivity contribution in [2.24, 2.45) is 0 Å². The summed E-state index contributed by atoms with van der Waals surface area (Å²) in [4.78, 5) is 34.2. The lowest BCUT2D eigenvalue weighted by atomic mass is 10.2. The van der Waals surface area contributed by atoms with Crippen LogP contribution in [0.1, 0.15) is 36.3 Å². The van der Waals surface area contributed by atoms with Gasteiger partial charge in [-0.3, -0.25) is 14.7 Å². The third kappa shape index (κ3) is 6.27. The summed E-state index contributed by atoms with van der Waals surface area (Å²) >= 11 is 0. The number of aliphatic carboxylic acids is 1. The molecule has 168 valence electrons. The zero-order valence-corrected chi connectivity index (χ0v) is 16.9. The van der Waals surface area contributed by atoms with Crippen LogP contribution >= 0.6 is 0 Å². The van der Waals surface area contributed by atoms with Crippen molar-refractivity contribution in [3.8, 4) is 0 Å². The lowest BCUT2D eigenvalue weighted by Crippen LogP contribution is -2.27. The smallest absolute Gasteiger partial charge is 0.475 e. The molecule has 0 unspecified atom stereocenters. The normalized spacial score (nSPS) is 17.0. The highest BCUT2D eigenvalue weighted by molar-refractivity contribution is 5.78. The third-order valence-electron chi connectivity index (χ3n) is 5.15. The van der Waals surface area contributed by atoms with E-state index in [4.69, 9.17) is 9.90 Å². The molecule has 2 aromatic heterocycles. The van der Waals surface area contributed by atoms with Crippen molar-refractivity contribution in [3.05, 3.63) is 47.8 Å². The number of imidazole rings is 1. The maximum atomic E-state index is 11.9. The van der Waals surface area contributed by atoms with Gasteiger partial charge in [-0.1, -0.05) is 6.07 Å². The van der Waals surface area contributed by atoms with Gasteiger partial charge in [0, 0.05) is 45.3 Å². The minimum atomic E-state index is -5.08. The number of likely N-dealkylation sites (tertiary alicyclic amines) is 1. The van der Waals surface area contributed by atoms with Crippen molar-refractivity contribution in [3.63, 3.8) is 0 Å². The Kier molecular flexibility index (Phi) is 7.26. The summed E-state index contributed by atoms with van der Waals surface area (Å²) in [7, 11) is 0. The molecule has 2 aliphatic rings. The van der Waals surface area contributed by atoms with Gasteiger partial charge >= 0.3 is 12.1 Å². The molecule has 0 aromatic carbocycles. The van der Waals surface area contributed by atoms with Crippen molar-refractivity contribution in [2.45, 2.75) is 51.6 Å². The molecule has 1 saturated heterocycles. The number of alkyl halides is 3. The average molecular weight is 439 g/mol. The predicted octanol–water partition coefficient (Wildman–Crippen LogP) is 2.44. The first kappa shape index (κ1) is 22.7. The number of carboxylic acid groups (broad SMARTS) is 1. The van der Waals surface area contributed by atoms with Gasteiger partial charge in [0.15, 0.2) is 0 Å². The molecule has 8 nitrogen and oxygen atoms in total. The summed E-state index contributed by atoms with van der Waals surface area (Å²) in [6.45, 7) is 5.29. The predicted molar refractivity (Wildman–Crippen MR) is 104 cm³/mol. The van der Waals surface area contributed by atoms with Crippen LogP contribution in [0.4, 0.5) is 13.2 Å². The Bertz CT molecular complexity index is 901. The number of fused-ring (bicyclic) bond motifs is 1. The number of rotatable bonds is 4. The fourth-order valence-corrected chi connectivity index (χ4v) is 3.62. The fraction of sp³-hybridized carbons (Fsp3) is 0.500. The molecule has 4 heterocycles. The van der Waals surface area contributed by atoms with E-state index in [1.807, 2.05) is 29.6 Å². The molecule has 2 aromatic rings. The van der Waals surface area contributed by atoms with Gasteiger partial charge in [0.2, 0.25) is 5.91 Å². The minimum Gasteiger partial charge on any atom is -0.475 e. The maximum Gasteiger partial charge on any atom is 0.490 e. The van der Waals surface area contributed by atoms with Crippen molar-refractivity contribution in [2.75, 3.05) is 13.1 Å². The Labute approximate surface area is 177 Å². The number of hydrogen-bond acceptors (Lipinski definition) is 5. The summed E-state index contributed by atoms with van der Waals surface area (Å²) in [5.74, 6) is -2.50. The molecule has 1 fully saturated rings. The average Bonchev–Trinajstić information content (AvgIpc) is 3.23. The van der Waals surface area contributed by atoms with E-state index in [-0.39, 0.29) is 5.91 Å². The molecule has 0 bridgehead atoms. The number of halogens is 3. The zero-order chi connectivity index (χ0) is 22.4. The topological polar surface area (TPSA) is 91.6 Å². The van der Waals surface area contributed by atoms with Gasteiger partial charge in [-0.05, 0) is 25.0 Å². The Morgan fingerprint density at radius 3 is 2.48 bits per heavy atom. The van der Waals surface area contributed by atoms with Gasteiger partial charge in [0.1, 0.15) is 0 Å². The Hall–Kier alpha value is -2.95. The number of carbonyl (C=O) groups excluding carboxylic acids is 1. The monoisotopic (exact) mass is 439 g/mol. The molecule has 0 atom stereocenters. The van der Waals surface area contributed by atoms with Gasteiger partial charge in [-0.15, -0.1) is 0 Å². The number of hydrogen-bond donors (Lipinski definition) is 1. The SMILES string of the molecule is O=C(O)C(F)(F)F.O=C1CCCN1Cc1ncn2c1CN(Cc1ccccn1)CCC2. The van der Waals surface area contributed by atoms with Gasteiger partial charge in [-0.2, -0.15) is 13.2 Å². The molecule has 2 aliphatic heterocycles. The molecule has 0 aliphatic carbocycles. The first-order chi connectivity index (χ1) is 14.7. The molecule has 1 amide bonds. The van der Waals surface area contributed by atoms with Crippen LogP contribution in [-0.2, 0) is 35.8 Å². The minimum absolute atomic E-state index is 0.260. The number of carbonyl (C=O) groups is 2. The van der Waals surface area contributed by atoms with E-state index in [9.17, 15) is 18.0 Å².